The number of aryl methyl sites for hydroxylation is 3. The third kappa shape index (κ3) is 3.71. The molecule has 0 atom stereocenters. The van der Waals surface area contributed by atoms with Gasteiger partial charge in [-0.05, 0) is 50.8 Å². The number of rotatable bonds is 4. The normalized spacial score (nSPS) is 10.7. The van der Waals surface area contributed by atoms with Gasteiger partial charge in [-0.3, -0.25) is 4.79 Å². The summed E-state index contributed by atoms with van der Waals surface area (Å²) in [6.07, 6.45) is 3.59. The molecule has 6 nitrogen and oxygen atoms in total. The average molecular weight is 353 g/mol. The van der Waals surface area contributed by atoms with E-state index in [1.54, 1.807) is 24.9 Å². The molecular weight excluding hydrogens is 334 g/mol. The quantitative estimate of drug-likeness (QED) is 0.726. The second kappa shape index (κ2) is 7.06. The monoisotopic (exact) mass is 353 g/mol. The number of nitrogens with one attached hydrogen (secondary N) is 1. The van der Waals surface area contributed by atoms with Crippen LogP contribution in [0.4, 0.5) is 5.69 Å². The van der Waals surface area contributed by atoms with Crippen LogP contribution in [-0.4, -0.2) is 32.1 Å². The van der Waals surface area contributed by atoms with Gasteiger partial charge in [0.1, 0.15) is 0 Å². The minimum Gasteiger partial charge on any atom is -0.319 e. The number of hydrogen-bond acceptors (Lipinski definition) is 5. The highest BCUT2D eigenvalue weighted by molar-refractivity contribution is 7.98. The number of amides is 1. The average Bonchev–Trinajstić information content (AvgIpc) is 2.97. The van der Waals surface area contributed by atoms with Crippen molar-refractivity contribution in [2.24, 2.45) is 0 Å². The Morgan fingerprint density at radius 1 is 1.12 bits per heavy atom. The van der Waals surface area contributed by atoms with Crippen molar-refractivity contribution in [3.63, 3.8) is 0 Å². The second-order valence-electron chi connectivity index (χ2n) is 5.76. The first kappa shape index (κ1) is 17.2. The first-order valence-electron chi connectivity index (χ1n) is 7.81. The molecule has 25 heavy (non-hydrogen) atoms. The van der Waals surface area contributed by atoms with Crippen molar-refractivity contribution >= 4 is 23.4 Å². The number of benzene rings is 1. The van der Waals surface area contributed by atoms with Crippen molar-refractivity contribution < 1.29 is 4.79 Å². The molecule has 3 rings (SSSR count). The van der Waals surface area contributed by atoms with Crippen LogP contribution in [0, 0.1) is 20.8 Å². The van der Waals surface area contributed by atoms with E-state index in [0.717, 1.165) is 16.3 Å². The van der Waals surface area contributed by atoms with Gasteiger partial charge in [-0.15, -0.1) is 16.9 Å². The zero-order chi connectivity index (χ0) is 18.0. The smallest absolute Gasteiger partial charge is 0.278 e. The summed E-state index contributed by atoms with van der Waals surface area (Å²) in [5.74, 6) is -0.299. The third-order valence-electron chi connectivity index (χ3n) is 3.77. The lowest BCUT2D eigenvalue weighted by Gasteiger charge is -2.05. The number of aromatic nitrogens is 4. The van der Waals surface area contributed by atoms with Crippen LogP contribution in [0.5, 0.6) is 0 Å². The molecule has 0 aliphatic rings. The van der Waals surface area contributed by atoms with Crippen molar-refractivity contribution in [1.29, 1.82) is 0 Å². The van der Waals surface area contributed by atoms with Gasteiger partial charge in [0, 0.05) is 0 Å². The molecule has 0 fully saturated rings. The summed E-state index contributed by atoms with van der Waals surface area (Å²) in [4.78, 5) is 18.3. The van der Waals surface area contributed by atoms with E-state index in [4.69, 9.17) is 0 Å². The van der Waals surface area contributed by atoms with Crippen LogP contribution in [-0.2, 0) is 0 Å². The predicted molar refractivity (Wildman–Crippen MR) is 99.5 cm³/mol. The third-order valence-corrected chi connectivity index (χ3v) is 4.43. The summed E-state index contributed by atoms with van der Waals surface area (Å²) < 4.78 is 0. The predicted octanol–water partition coefficient (Wildman–Crippen LogP) is 3.56. The van der Waals surface area contributed by atoms with Gasteiger partial charge in [0.05, 0.1) is 28.3 Å². The van der Waals surface area contributed by atoms with Crippen LogP contribution in [0.25, 0.3) is 5.69 Å². The number of nitrogens with zero attached hydrogens (tertiary/aromatic N) is 4. The molecule has 128 valence electrons. The minimum absolute atomic E-state index is 0.299. The highest BCUT2D eigenvalue weighted by Crippen LogP contribution is 2.17. The molecule has 2 heterocycles. The molecule has 3 aromatic rings. The fraction of sp³-hybridized carbons (Fsp3) is 0.222. The molecule has 1 N–H and O–H groups in total. The van der Waals surface area contributed by atoms with Crippen LogP contribution >= 0.6 is 11.8 Å². The van der Waals surface area contributed by atoms with E-state index in [-0.39, 0.29) is 5.91 Å². The van der Waals surface area contributed by atoms with E-state index in [9.17, 15) is 4.79 Å². The summed E-state index contributed by atoms with van der Waals surface area (Å²) >= 11 is 1.55. The van der Waals surface area contributed by atoms with E-state index < -0.39 is 0 Å². The number of hydrogen-bond donors (Lipinski definition) is 1. The fourth-order valence-electron chi connectivity index (χ4n) is 2.49. The molecule has 0 aliphatic heterocycles. The molecule has 0 radical (unpaired) electrons. The van der Waals surface area contributed by atoms with Crippen LogP contribution in [0.15, 0.2) is 41.6 Å². The van der Waals surface area contributed by atoms with E-state index in [1.165, 1.54) is 10.4 Å². The van der Waals surface area contributed by atoms with Gasteiger partial charge in [0.15, 0.2) is 5.69 Å². The second-order valence-corrected chi connectivity index (χ2v) is 6.58. The number of pyridine rings is 1. The summed E-state index contributed by atoms with van der Waals surface area (Å²) in [7, 11) is 0. The summed E-state index contributed by atoms with van der Waals surface area (Å²) in [6.45, 7) is 5.81. The molecule has 1 amide bonds. The van der Waals surface area contributed by atoms with Gasteiger partial charge in [-0.25, -0.2) is 4.98 Å². The first-order chi connectivity index (χ1) is 12.0. The van der Waals surface area contributed by atoms with Gasteiger partial charge in [0.25, 0.3) is 5.91 Å². The van der Waals surface area contributed by atoms with E-state index >= 15 is 0 Å². The Hall–Kier alpha value is -2.67. The molecule has 0 spiro atoms. The Bertz CT molecular complexity index is 918. The SMILES string of the molecule is CSc1ccc(NC(=O)c2nn(-c3ccc(C)cc3C)nc2C)cn1. The Kier molecular flexibility index (Phi) is 4.85. The lowest BCUT2D eigenvalue weighted by molar-refractivity contribution is 0.102. The van der Waals surface area contributed by atoms with Crippen molar-refractivity contribution in [1.82, 2.24) is 20.0 Å². The van der Waals surface area contributed by atoms with Crippen LogP contribution in [0.1, 0.15) is 27.3 Å². The largest absolute Gasteiger partial charge is 0.319 e. The van der Waals surface area contributed by atoms with Crippen molar-refractivity contribution in [3.05, 3.63) is 59.0 Å². The molecule has 0 saturated heterocycles. The Morgan fingerprint density at radius 3 is 2.56 bits per heavy atom. The van der Waals surface area contributed by atoms with Gasteiger partial charge in [-0.2, -0.15) is 9.90 Å². The standard InChI is InChI=1S/C18H19N5OS/c1-11-5-7-15(12(2)9-11)23-21-13(3)17(22-23)18(24)20-14-6-8-16(25-4)19-10-14/h5-10H,1-4H3,(H,20,24). The zero-order valence-corrected chi connectivity index (χ0v) is 15.4. The Labute approximate surface area is 150 Å². The molecule has 0 bridgehead atoms. The Morgan fingerprint density at radius 2 is 1.92 bits per heavy atom. The lowest BCUT2D eigenvalue weighted by atomic mass is 10.1. The molecule has 2 aromatic heterocycles. The first-order valence-corrected chi connectivity index (χ1v) is 9.03. The van der Waals surface area contributed by atoms with E-state index in [0.29, 0.717) is 17.1 Å². The van der Waals surface area contributed by atoms with Gasteiger partial charge < -0.3 is 5.32 Å². The van der Waals surface area contributed by atoms with E-state index in [1.807, 2.05) is 44.4 Å². The number of carbonyl (C=O) groups is 1. The maximum absolute atomic E-state index is 12.5. The fourth-order valence-corrected chi connectivity index (χ4v) is 2.85. The minimum atomic E-state index is -0.299. The summed E-state index contributed by atoms with van der Waals surface area (Å²) in [6, 6.07) is 9.70. The molecule has 0 aliphatic carbocycles. The van der Waals surface area contributed by atoms with Gasteiger partial charge in [-0.1, -0.05) is 17.7 Å². The number of thioether (sulfide) groups is 1. The highest BCUT2D eigenvalue weighted by atomic mass is 32.2. The van der Waals surface area contributed by atoms with Crippen LogP contribution < -0.4 is 5.32 Å². The zero-order valence-electron chi connectivity index (χ0n) is 14.6. The van der Waals surface area contributed by atoms with Crippen molar-refractivity contribution in [3.8, 4) is 5.69 Å². The van der Waals surface area contributed by atoms with Crippen LogP contribution in [0.3, 0.4) is 0 Å². The lowest BCUT2D eigenvalue weighted by Crippen LogP contribution is -2.14. The summed E-state index contributed by atoms with van der Waals surface area (Å²) in [5, 5.41) is 12.5. The summed E-state index contributed by atoms with van der Waals surface area (Å²) in [5.41, 5.74) is 4.59. The number of anilines is 1. The highest BCUT2D eigenvalue weighted by Gasteiger charge is 2.17. The number of carbonyl (C=O) groups excluding carboxylic acids is 1. The van der Waals surface area contributed by atoms with E-state index in [2.05, 4.69) is 26.6 Å². The molecule has 1 aromatic carbocycles. The molecule has 0 saturated carbocycles. The maximum Gasteiger partial charge on any atom is 0.278 e. The molecule has 7 heteroatoms. The van der Waals surface area contributed by atoms with Gasteiger partial charge >= 0.3 is 0 Å². The van der Waals surface area contributed by atoms with Gasteiger partial charge in [0.2, 0.25) is 0 Å². The molecule has 0 unspecified atom stereocenters. The van der Waals surface area contributed by atoms with Crippen LogP contribution in [0.2, 0.25) is 0 Å². The van der Waals surface area contributed by atoms with Crippen molar-refractivity contribution in [2.45, 2.75) is 25.8 Å². The maximum atomic E-state index is 12.5. The topological polar surface area (TPSA) is 72.7 Å². The Balaban J connectivity index is 1.84. The van der Waals surface area contributed by atoms with Crippen molar-refractivity contribution in [2.75, 3.05) is 11.6 Å². The molecular formula is C18H19N5OS.